The Balaban J connectivity index is 1.97. The third kappa shape index (κ3) is 4.68. The summed E-state index contributed by atoms with van der Waals surface area (Å²) in [5.74, 6) is 0. The van der Waals surface area contributed by atoms with Gasteiger partial charge < -0.3 is 14.4 Å². The van der Waals surface area contributed by atoms with Gasteiger partial charge in [0, 0.05) is 11.9 Å². The Morgan fingerprint density at radius 2 is 2.27 bits per heavy atom. The van der Waals surface area contributed by atoms with Crippen LogP contribution in [0.15, 0.2) is 10.9 Å². The highest BCUT2D eigenvalue weighted by molar-refractivity contribution is 7.07. The van der Waals surface area contributed by atoms with Crippen LogP contribution in [0.4, 0.5) is 4.79 Å². The minimum Gasteiger partial charge on any atom is -0.444 e. The lowest BCUT2D eigenvalue weighted by molar-refractivity contribution is -0.102. The van der Waals surface area contributed by atoms with E-state index in [2.05, 4.69) is 11.9 Å². The van der Waals surface area contributed by atoms with Crippen molar-refractivity contribution in [3.63, 3.8) is 0 Å². The summed E-state index contributed by atoms with van der Waals surface area (Å²) in [6.45, 7) is 9.60. The lowest BCUT2D eigenvalue weighted by Crippen LogP contribution is -2.52. The quantitative estimate of drug-likeness (QED) is 0.843. The van der Waals surface area contributed by atoms with Crippen LogP contribution in [-0.4, -0.2) is 40.3 Å². The first-order chi connectivity index (χ1) is 10.3. The minimum absolute atomic E-state index is 0.248. The van der Waals surface area contributed by atoms with E-state index in [4.69, 9.17) is 9.47 Å². The van der Waals surface area contributed by atoms with Crippen molar-refractivity contribution in [1.82, 2.24) is 9.88 Å². The van der Waals surface area contributed by atoms with E-state index in [0.29, 0.717) is 13.2 Å². The molecule has 1 amide bonds. The number of hydrogen-bond donors (Lipinski definition) is 0. The fraction of sp³-hybridized carbons (Fsp3) is 0.750. The van der Waals surface area contributed by atoms with Gasteiger partial charge in [-0.15, -0.1) is 11.3 Å². The average molecular weight is 326 g/mol. The summed E-state index contributed by atoms with van der Waals surface area (Å²) < 4.78 is 11.7. The molecule has 1 saturated heterocycles. The van der Waals surface area contributed by atoms with Crippen molar-refractivity contribution in [3.05, 3.63) is 16.6 Å². The van der Waals surface area contributed by atoms with E-state index in [1.807, 2.05) is 31.7 Å². The number of hydrogen-bond acceptors (Lipinski definition) is 5. The summed E-state index contributed by atoms with van der Waals surface area (Å²) in [5.41, 5.74) is 2.00. The van der Waals surface area contributed by atoms with Gasteiger partial charge in [0.05, 0.1) is 30.0 Å². The highest BCUT2D eigenvalue weighted by atomic mass is 32.1. The molecule has 1 atom stereocenters. The zero-order valence-corrected chi connectivity index (χ0v) is 14.7. The number of nitrogens with zero attached hydrogens (tertiary/aromatic N) is 2. The van der Waals surface area contributed by atoms with Crippen LogP contribution >= 0.6 is 11.3 Å². The van der Waals surface area contributed by atoms with Gasteiger partial charge in [0.2, 0.25) is 0 Å². The topological polar surface area (TPSA) is 51.7 Å². The Hall–Kier alpha value is -1.14. The van der Waals surface area contributed by atoms with Crippen LogP contribution in [0.2, 0.25) is 0 Å². The standard InChI is InChI=1S/C16H26N2O3S/c1-5-16(20-9-13-10-22-12-17-13)7-6-8-18(11-16)14(19)21-15(2,3)4/h10,12H,5-9,11H2,1-4H3. The number of carbonyl (C=O) groups is 1. The number of aromatic nitrogens is 1. The van der Waals surface area contributed by atoms with E-state index >= 15 is 0 Å². The number of carbonyl (C=O) groups excluding carboxylic acids is 1. The lowest BCUT2D eigenvalue weighted by atomic mass is 9.90. The molecule has 22 heavy (non-hydrogen) atoms. The van der Waals surface area contributed by atoms with E-state index in [-0.39, 0.29) is 11.7 Å². The zero-order chi connectivity index (χ0) is 16.2. The molecule has 0 N–H and O–H groups in total. The molecule has 0 saturated carbocycles. The molecule has 1 aliphatic heterocycles. The monoisotopic (exact) mass is 326 g/mol. The number of amides is 1. The van der Waals surface area contributed by atoms with Crippen LogP contribution < -0.4 is 0 Å². The Morgan fingerprint density at radius 3 is 2.86 bits per heavy atom. The maximum absolute atomic E-state index is 12.3. The first-order valence-electron chi connectivity index (χ1n) is 7.82. The Kier molecular flexibility index (Phi) is 5.45. The van der Waals surface area contributed by atoms with Crippen molar-refractivity contribution < 1.29 is 14.3 Å². The fourth-order valence-electron chi connectivity index (χ4n) is 2.62. The SMILES string of the molecule is CCC1(OCc2cscn2)CCCN(C(=O)OC(C)(C)C)C1. The van der Waals surface area contributed by atoms with E-state index in [0.717, 1.165) is 31.5 Å². The van der Waals surface area contributed by atoms with E-state index in [1.54, 1.807) is 16.2 Å². The number of thiazole rings is 1. The number of likely N-dealkylation sites (tertiary alicyclic amines) is 1. The first-order valence-corrected chi connectivity index (χ1v) is 8.77. The van der Waals surface area contributed by atoms with Gasteiger partial charge in [-0.1, -0.05) is 6.92 Å². The predicted molar refractivity (Wildman–Crippen MR) is 87.0 cm³/mol. The van der Waals surface area contributed by atoms with Gasteiger partial charge in [0.1, 0.15) is 5.60 Å². The summed E-state index contributed by atoms with van der Waals surface area (Å²) in [6.07, 6.45) is 2.52. The molecule has 1 fully saturated rings. The molecule has 0 spiro atoms. The van der Waals surface area contributed by atoms with Crippen LogP contribution in [0, 0.1) is 0 Å². The Morgan fingerprint density at radius 1 is 1.50 bits per heavy atom. The molecule has 0 aliphatic carbocycles. The second-order valence-corrected chi connectivity index (χ2v) is 7.53. The number of piperidine rings is 1. The number of rotatable bonds is 4. The molecule has 124 valence electrons. The summed E-state index contributed by atoms with van der Waals surface area (Å²) in [5, 5.41) is 2.00. The number of ether oxygens (including phenoxy) is 2. The lowest BCUT2D eigenvalue weighted by Gasteiger charge is -2.42. The normalized spacial score (nSPS) is 22.6. The maximum Gasteiger partial charge on any atom is 0.410 e. The molecule has 6 heteroatoms. The van der Waals surface area contributed by atoms with Gasteiger partial charge in [0.15, 0.2) is 0 Å². The van der Waals surface area contributed by atoms with Crippen molar-refractivity contribution in [2.75, 3.05) is 13.1 Å². The van der Waals surface area contributed by atoms with Crippen molar-refractivity contribution in [2.24, 2.45) is 0 Å². The fourth-order valence-corrected chi connectivity index (χ4v) is 3.17. The average Bonchev–Trinajstić information content (AvgIpc) is 2.97. The molecule has 1 aliphatic rings. The van der Waals surface area contributed by atoms with Gasteiger partial charge >= 0.3 is 6.09 Å². The van der Waals surface area contributed by atoms with Crippen molar-refractivity contribution in [2.45, 2.75) is 64.8 Å². The van der Waals surface area contributed by atoms with Gasteiger partial charge in [-0.05, 0) is 40.0 Å². The molecular formula is C16H26N2O3S. The minimum atomic E-state index is -0.467. The smallest absolute Gasteiger partial charge is 0.410 e. The van der Waals surface area contributed by atoms with Gasteiger partial charge in [0.25, 0.3) is 0 Å². The second kappa shape index (κ2) is 6.96. The van der Waals surface area contributed by atoms with E-state index in [9.17, 15) is 4.79 Å². The molecular weight excluding hydrogens is 300 g/mol. The van der Waals surface area contributed by atoms with Crippen molar-refractivity contribution in [3.8, 4) is 0 Å². The van der Waals surface area contributed by atoms with Gasteiger partial charge in [-0.2, -0.15) is 0 Å². The molecule has 2 heterocycles. The highest BCUT2D eigenvalue weighted by Crippen LogP contribution is 2.30. The van der Waals surface area contributed by atoms with Crippen LogP contribution in [0.25, 0.3) is 0 Å². The predicted octanol–water partition coefficient (Wildman–Crippen LogP) is 3.84. The van der Waals surface area contributed by atoms with Crippen LogP contribution in [-0.2, 0) is 16.1 Å². The van der Waals surface area contributed by atoms with Crippen LogP contribution in [0.5, 0.6) is 0 Å². The highest BCUT2D eigenvalue weighted by Gasteiger charge is 2.38. The molecule has 0 radical (unpaired) electrons. The summed E-state index contributed by atoms with van der Waals surface area (Å²) in [7, 11) is 0. The Bertz CT molecular complexity index is 484. The molecule has 1 aromatic heterocycles. The van der Waals surface area contributed by atoms with Crippen molar-refractivity contribution in [1.29, 1.82) is 0 Å². The largest absolute Gasteiger partial charge is 0.444 e. The summed E-state index contributed by atoms with van der Waals surface area (Å²) >= 11 is 1.57. The second-order valence-electron chi connectivity index (χ2n) is 6.81. The molecule has 5 nitrogen and oxygen atoms in total. The summed E-state index contributed by atoms with van der Waals surface area (Å²) in [6, 6.07) is 0. The van der Waals surface area contributed by atoms with Gasteiger partial charge in [-0.3, -0.25) is 0 Å². The zero-order valence-electron chi connectivity index (χ0n) is 13.9. The third-order valence-electron chi connectivity index (χ3n) is 3.85. The van der Waals surface area contributed by atoms with Crippen molar-refractivity contribution >= 4 is 17.4 Å². The summed E-state index contributed by atoms with van der Waals surface area (Å²) in [4.78, 5) is 18.3. The molecule has 1 unspecified atom stereocenters. The van der Waals surface area contributed by atoms with Gasteiger partial charge in [-0.25, -0.2) is 9.78 Å². The van der Waals surface area contributed by atoms with Crippen LogP contribution in [0.3, 0.4) is 0 Å². The molecule has 1 aromatic rings. The Labute approximate surface area is 136 Å². The van der Waals surface area contributed by atoms with Crippen LogP contribution in [0.1, 0.15) is 52.7 Å². The third-order valence-corrected chi connectivity index (χ3v) is 4.48. The molecule has 0 bridgehead atoms. The first kappa shape index (κ1) is 17.2. The molecule has 0 aromatic carbocycles. The van der Waals surface area contributed by atoms with E-state index < -0.39 is 5.60 Å². The van der Waals surface area contributed by atoms with E-state index in [1.165, 1.54) is 0 Å². The molecule has 2 rings (SSSR count). The maximum atomic E-state index is 12.3.